The molecule has 3 rings (SSSR count). The van der Waals surface area contributed by atoms with Gasteiger partial charge < -0.3 is 4.90 Å². The van der Waals surface area contributed by atoms with Gasteiger partial charge in [0.25, 0.3) is 0 Å². The maximum absolute atomic E-state index is 12.3. The molecule has 2 aliphatic rings. The van der Waals surface area contributed by atoms with Crippen LogP contribution in [0.4, 0.5) is 5.69 Å². The lowest BCUT2D eigenvalue weighted by molar-refractivity contribution is 0.816. The van der Waals surface area contributed by atoms with Crippen molar-refractivity contribution in [2.24, 2.45) is 0 Å². The van der Waals surface area contributed by atoms with Crippen LogP contribution in [-0.2, 0) is 0 Å². The summed E-state index contributed by atoms with van der Waals surface area (Å²) in [5.74, 6) is 0. The number of hydrogen-bond donors (Lipinski definition) is 0. The Balaban J connectivity index is 2.05. The van der Waals surface area contributed by atoms with E-state index in [-0.39, 0.29) is 5.43 Å². The zero-order chi connectivity index (χ0) is 17.1. The number of nitrogens with zero attached hydrogens (tertiary/aromatic N) is 2. The summed E-state index contributed by atoms with van der Waals surface area (Å²) in [7, 11) is 4.04. The van der Waals surface area contributed by atoms with Crippen LogP contribution >= 0.6 is 11.3 Å². The predicted molar refractivity (Wildman–Crippen MR) is 105 cm³/mol. The number of aromatic nitrogens is 1. The molecule has 0 N–H and O–H groups in total. The number of unbranched alkanes of at least 4 members (excludes halogenated alkanes) is 2. The summed E-state index contributed by atoms with van der Waals surface area (Å²) in [5, 5.41) is 0. The molecule has 0 atom stereocenters. The van der Waals surface area contributed by atoms with E-state index < -0.39 is 0 Å². The first kappa shape index (κ1) is 16.7. The molecule has 1 heterocycles. The largest absolute Gasteiger partial charge is 0.378 e. The summed E-state index contributed by atoms with van der Waals surface area (Å²) in [4.78, 5) is 20.1. The lowest BCUT2D eigenvalue weighted by Crippen LogP contribution is -2.08. The van der Waals surface area contributed by atoms with E-state index in [0.717, 1.165) is 51.3 Å². The van der Waals surface area contributed by atoms with Crippen molar-refractivity contribution in [1.29, 1.82) is 0 Å². The zero-order valence-corrected chi connectivity index (χ0v) is 15.2. The van der Waals surface area contributed by atoms with Crippen LogP contribution in [0.25, 0.3) is 26.9 Å². The third-order valence-electron chi connectivity index (χ3n) is 4.03. The minimum absolute atomic E-state index is 0.0661. The van der Waals surface area contributed by atoms with Gasteiger partial charge in [0.15, 0.2) is 5.43 Å². The van der Waals surface area contributed by atoms with Crippen LogP contribution in [0.5, 0.6) is 0 Å². The molecule has 0 saturated heterocycles. The van der Waals surface area contributed by atoms with Crippen LogP contribution in [-0.4, -0.2) is 19.1 Å². The van der Waals surface area contributed by atoms with E-state index in [4.69, 9.17) is 4.98 Å². The molecule has 1 aliphatic carbocycles. The van der Waals surface area contributed by atoms with Gasteiger partial charge in [-0.05, 0) is 30.7 Å². The van der Waals surface area contributed by atoms with Crippen molar-refractivity contribution in [3.8, 4) is 10.6 Å². The molecule has 1 aliphatic heterocycles. The Morgan fingerprint density at radius 2 is 2.04 bits per heavy atom. The molecule has 0 radical (unpaired) electrons. The van der Waals surface area contributed by atoms with Gasteiger partial charge in [-0.25, -0.2) is 4.98 Å². The van der Waals surface area contributed by atoms with Gasteiger partial charge in [0.2, 0.25) is 0 Å². The SMILES string of the molecule is CCCC/C=C/c1cc2nc3ccc(N(C)C)cc3sc-2cc1=O. The molecule has 1 aromatic rings. The predicted octanol–water partition coefficient (Wildman–Crippen LogP) is 5.03. The number of allylic oxidation sites excluding steroid dienone is 1. The lowest BCUT2D eigenvalue weighted by Gasteiger charge is -2.13. The van der Waals surface area contributed by atoms with E-state index in [1.165, 1.54) is 0 Å². The maximum Gasteiger partial charge on any atom is 0.187 e. The highest BCUT2D eigenvalue weighted by molar-refractivity contribution is 7.21. The fraction of sp³-hybridized carbons (Fsp3) is 0.300. The Labute approximate surface area is 146 Å². The van der Waals surface area contributed by atoms with Gasteiger partial charge in [-0.3, -0.25) is 4.79 Å². The second-order valence-corrected chi connectivity index (χ2v) is 7.25. The molecule has 0 amide bonds. The van der Waals surface area contributed by atoms with Crippen LogP contribution in [0, 0.1) is 0 Å². The van der Waals surface area contributed by atoms with Gasteiger partial charge in [-0.1, -0.05) is 31.9 Å². The van der Waals surface area contributed by atoms with Crippen molar-refractivity contribution in [1.82, 2.24) is 4.98 Å². The number of anilines is 1. The van der Waals surface area contributed by atoms with Gasteiger partial charge in [0.1, 0.15) is 0 Å². The minimum Gasteiger partial charge on any atom is -0.378 e. The topological polar surface area (TPSA) is 33.2 Å². The van der Waals surface area contributed by atoms with Gasteiger partial charge in [0, 0.05) is 31.4 Å². The standard InChI is InChI=1S/C20H22N2OS/c1-4-5-6-7-8-14-11-17-20(13-18(14)23)24-19-12-15(22(2)3)9-10-16(19)21-17/h7-13H,4-6H2,1-3H3/b8-7+. The number of fused-ring (bicyclic) bond motifs is 2. The van der Waals surface area contributed by atoms with Crippen molar-refractivity contribution >= 4 is 33.3 Å². The van der Waals surface area contributed by atoms with E-state index >= 15 is 0 Å². The average molecular weight is 338 g/mol. The van der Waals surface area contributed by atoms with E-state index in [0.29, 0.717) is 0 Å². The quantitative estimate of drug-likeness (QED) is 0.483. The van der Waals surface area contributed by atoms with Crippen LogP contribution in [0.15, 0.2) is 41.2 Å². The lowest BCUT2D eigenvalue weighted by atomic mass is 10.1. The van der Waals surface area contributed by atoms with Gasteiger partial charge in [-0.2, -0.15) is 0 Å². The number of rotatable bonds is 5. The number of benzene rings is 2. The second-order valence-electron chi connectivity index (χ2n) is 6.16. The summed E-state index contributed by atoms with van der Waals surface area (Å²) < 4.78 is 1.10. The van der Waals surface area contributed by atoms with Crippen LogP contribution in [0.3, 0.4) is 0 Å². The summed E-state index contributed by atoms with van der Waals surface area (Å²) in [6.45, 7) is 2.17. The minimum atomic E-state index is 0.0661. The van der Waals surface area contributed by atoms with E-state index in [1.54, 1.807) is 17.4 Å². The zero-order valence-electron chi connectivity index (χ0n) is 14.4. The van der Waals surface area contributed by atoms with Crippen LogP contribution in [0.1, 0.15) is 31.7 Å². The fourth-order valence-corrected chi connectivity index (χ4v) is 3.61. The summed E-state index contributed by atoms with van der Waals surface area (Å²) in [6.07, 6.45) is 7.34. The van der Waals surface area contributed by atoms with Gasteiger partial charge in [-0.15, -0.1) is 11.3 Å². The first-order valence-electron chi connectivity index (χ1n) is 8.31. The van der Waals surface area contributed by atoms with Gasteiger partial charge in [0.05, 0.1) is 20.8 Å². The smallest absolute Gasteiger partial charge is 0.187 e. The van der Waals surface area contributed by atoms with Crippen LogP contribution in [0.2, 0.25) is 0 Å². The molecule has 0 unspecified atom stereocenters. The Morgan fingerprint density at radius 1 is 1.21 bits per heavy atom. The molecule has 0 saturated carbocycles. The third-order valence-corrected chi connectivity index (χ3v) is 5.13. The molecule has 0 spiro atoms. The first-order valence-corrected chi connectivity index (χ1v) is 9.12. The Morgan fingerprint density at radius 3 is 2.79 bits per heavy atom. The molecule has 0 aromatic heterocycles. The highest BCUT2D eigenvalue weighted by Crippen LogP contribution is 2.32. The molecule has 4 heteroatoms. The summed E-state index contributed by atoms with van der Waals surface area (Å²) in [6, 6.07) is 9.86. The first-order chi connectivity index (χ1) is 11.6. The van der Waals surface area contributed by atoms with Crippen LogP contribution < -0.4 is 10.3 Å². The van der Waals surface area contributed by atoms with E-state index in [2.05, 4.69) is 30.0 Å². The van der Waals surface area contributed by atoms with Crippen molar-refractivity contribution in [2.45, 2.75) is 26.2 Å². The van der Waals surface area contributed by atoms with E-state index in [1.807, 2.05) is 32.3 Å². The molecular formula is C20H22N2OS. The summed E-state index contributed by atoms with van der Waals surface area (Å²) in [5.41, 5.74) is 3.79. The monoisotopic (exact) mass is 338 g/mol. The van der Waals surface area contributed by atoms with E-state index in [9.17, 15) is 4.79 Å². The molecule has 1 aromatic carbocycles. The van der Waals surface area contributed by atoms with Crippen molar-refractivity contribution in [3.05, 3.63) is 52.2 Å². The van der Waals surface area contributed by atoms with Crippen molar-refractivity contribution in [3.63, 3.8) is 0 Å². The highest BCUT2D eigenvalue weighted by atomic mass is 32.1. The maximum atomic E-state index is 12.3. The average Bonchev–Trinajstić information content (AvgIpc) is 2.56. The molecule has 24 heavy (non-hydrogen) atoms. The molecule has 0 fully saturated rings. The Kier molecular flexibility index (Phi) is 4.95. The fourth-order valence-electron chi connectivity index (χ4n) is 2.60. The Bertz CT molecular complexity index is 911. The Hall–Kier alpha value is -2.20. The summed E-state index contributed by atoms with van der Waals surface area (Å²) >= 11 is 1.62. The third kappa shape index (κ3) is 3.49. The number of hydrogen-bond acceptors (Lipinski definition) is 4. The molecule has 3 nitrogen and oxygen atoms in total. The molecule has 124 valence electrons. The highest BCUT2D eigenvalue weighted by Gasteiger charge is 2.11. The second kappa shape index (κ2) is 7.14. The normalized spacial score (nSPS) is 11.6. The van der Waals surface area contributed by atoms with Gasteiger partial charge >= 0.3 is 0 Å². The van der Waals surface area contributed by atoms with Crippen molar-refractivity contribution < 1.29 is 0 Å². The van der Waals surface area contributed by atoms with Crippen molar-refractivity contribution in [2.75, 3.05) is 19.0 Å². The molecule has 0 bridgehead atoms. The molecular weight excluding hydrogens is 316 g/mol.